The lowest BCUT2D eigenvalue weighted by atomic mass is 9.79. The Morgan fingerprint density at radius 3 is 2.33 bits per heavy atom. The molecule has 0 spiro atoms. The van der Waals surface area contributed by atoms with Crippen molar-refractivity contribution in [3.63, 3.8) is 0 Å². The number of hydrogen-bond acceptors (Lipinski definition) is 5. The van der Waals surface area contributed by atoms with Crippen LogP contribution >= 0.6 is 0 Å². The van der Waals surface area contributed by atoms with Gasteiger partial charge < -0.3 is 25.2 Å². The van der Waals surface area contributed by atoms with Gasteiger partial charge >= 0.3 is 0 Å². The molecule has 4 unspecified atom stereocenters. The zero-order valence-corrected chi connectivity index (χ0v) is 8.87. The highest BCUT2D eigenvalue weighted by Crippen LogP contribution is 2.54. The smallest absolute Gasteiger partial charge is 0.181 e. The molecule has 0 aromatic carbocycles. The summed E-state index contributed by atoms with van der Waals surface area (Å²) >= 11 is 0. The van der Waals surface area contributed by atoms with Crippen LogP contribution in [-0.2, 0) is 4.74 Å². The lowest BCUT2D eigenvalue weighted by molar-refractivity contribution is -0.388. The van der Waals surface area contributed by atoms with E-state index in [2.05, 4.69) is 0 Å². The third kappa shape index (κ3) is 1.28. The fraction of sp³-hybridized carbons (Fsp3) is 1.00. The molecule has 2 aliphatic rings. The lowest BCUT2D eigenvalue weighted by Gasteiger charge is -2.51. The second kappa shape index (κ2) is 3.40. The molecule has 0 aromatic rings. The summed E-state index contributed by atoms with van der Waals surface area (Å²) in [6.07, 6.45) is -2.39. The normalized spacial score (nSPS) is 54.2. The van der Waals surface area contributed by atoms with Gasteiger partial charge in [0.05, 0.1) is 36.8 Å². The number of hydrogen-bond donors (Lipinski definition) is 4. The lowest BCUT2D eigenvalue weighted by Crippen LogP contribution is -2.64. The van der Waals surface area contributed by atoms with E-state index in [0.29, 0.717) is 0 Å². The zero-order valence-electron chi connectivity index (χ0n) is 8.87. The van der Waals surface area contributed by atoms with Gasteiger partial charge in [0.2, 0.25) is 0 Å². The quantitative estimate of drug-likeness (QED) is 0.462. The molecule has 1 saturated heterocycles. The Bertz CT molecular complexity index is 256. The molecule has 6 atom stereocenters. The molecule has 2 fully saturated rings. The van der Waals surface area contributed by atoms with Gasteiger partial charge in [-0.1, -0.05) is 13.8 Å². The van der Waals surface area contributed by atoms with E-state index in [0.717, 1.165) is 0 Å². The van der Waals surface area contributed by atoms with E-state index in [-0.39, 0.29) is 12.0 Å². The molecular formula is C10H18O5. The Kier molecular flexibility index (Phi) is 2.56. The van der Waals surface area contributed by atoms with Crippen molar-refractivity contribution in [3.8, 4) is 0 Å². The molecule has 1 saturated carbocycles. The van der Waals surface area contributed by atoms with Gasteiger partial charge in [-0.25, -0.2) is 0 Å². The maximum absolute atomic E-state index is 10.1. The maximum atomic E-state index is 10.1. The Morgan fingerprint density at radius 2 is 1.87 bits per heavy atom. The molecule has 1 aliphatic heterocycles. The maximum Gasteiger partial charge on any atom is 0.181 e. The van der Waals surface area contributed by atoms with Gasteiger partial charge in [0, 0.05) is 0 Å². The molecule has 0 aromatic heterocycles. The van der Waals surface area contributed by atoms with Gasteiger partial charge in [-0.15, -0.1) is 0 Å². The molecule has 0 bridgehead atoms. The Hall–Kier alpha value is -0.200. The average Bonchev–Trinajstić information content (AvgIpc) is 2.25. The first kappa shape index (κ1) is 11.3. The van der Waals surface area contributed by atoms with Gasteiger partial charge in [0.15, 0.2) is 5.79 Å². The minimum absolute atomic E-state index is 0.162. The first-order valence-corrected chi connectivity index (χ1v) is 5.30. The van der Waals surface area contributed by atoms with Gasteiger partial charge in [0.25, 0.3) is 0 Å². The fourth-order valence-corrected chi connectivity index (χ4v) is 2.79. The Labute approximate surface area is 88.3 Å². The molecule has 88 valence electrons. The van der Waals surface area contributed by atoms with E-state index < -0.39 is 36.4 Å². The second-order valence-corrected chi connectivity index (χ2v) is 4.87. The van der Waals surface area contributed by atoms with Crippen LogP contribution < -0.4 is 0 Å². The number of aliphatic hydroxyl groups is 4. The standard InChI is InChI=1S/C10H18O5/c1-4(2)9-6-8(13)7(12)5(3-11)10(6,14)15-9/h4-9,11-14H,3H2,1-2H3/t5?,6?,7-,8?,9-,10?/m0/s1. The van der Waals surface area contributed by atoms with Crippen LogP contribution in [0, 0.1) is 17.8 Å². The van der Waals surface area contributed by atoms with E-state index >= 15 is 0 Å². The van der Waals surface area contributed by atoms with Crippen molar-refractivity contribution in [1.82, 2.24) is 0 Å². The molecule has 5 nitrogen and oxygen atoms in total. The largest absolute Gasteiger partial charge is 0.396 e. The first-order chi connectivity index (χ1) is 6.93. The van der Waals surface area contributed by atoms with Crippen LogP contribution in [0.5, 0.6) is 0 Å². The van der Waals surface area contributed by atoms with E-state index in [4.69, 9.17) is 9.84 Å². The number of ether oxygens (including phenoxy) is 1. The summed E-state index contributed by atoms with van der Waals surface area (Å²) in [5.41, 5.74) is 0. The molecule has 0 amide bonds. The molecular weight excluding hydrogens is 200 g/mol. The molecule has 1 aliphatic carbocycles. The number of rotatable bonds is 2. The Balaban J connectivity index is 2.22. The van der Waals surface area contributed by atoms with Gasteiger partial charge in [-0.3, -0.25) is 0 Å². The van der Waals surface area contributed by atoms with Crippen molar-refractivity contribution < 1.29 is 25.2 Å². The van der Waals surface area contributed by atoms with E-state index in [1.165, 1.54) is 0 Å². The van der Waals surface area contributed by atoms with Crippen LogP contribution in [0.2, 0.25) is 0 Å². The summed E-state index contributed by atoms with van der Waals surface area (Å²) in [5.74, 6) is -2.70. The number of fused-ring (bicyclic) bond motifs is 1. The second-order valence-electron chi connectivity index (χ2n) is 4.87. The van der Waals surface area contributed by atoms with Crippen LogP contribution in [0.3, 0.4) is 0 Å². The fourth-order valence-electron chi connectivity index (χ4n) is 2.79. The third-order valence-corrected chi connectivity index (χ3v) is 3.67. The number of aliphatic hydroxyl groups excluding tert-OH is 3. The molecule has 5 heteroatoms. The summed E-state index contributed by atoms with van der Waals surface area (Å²) < 4.78 is 5.33. The van der Waals surface area contributed by atoms with Crippen molar-refractivity contribution in [2.24, 2.45) is 17.8 Å². The highest BCUT2D eigenvalue weighted by Gasteiger charge is 2.70. The molecule has 1 heterocycles. The third-order valence-electron chi connectivity index (χ3n) is 3.67. The van der Waals surface area contributed by atoms with Crippen molar-refractivity contribution >= 4 is 0 Å². The predicted octanol–water partition coefficient (Wildman–Crippen LogP) is -1.31. The summed E-state index contributed by atoms with van der Waals surface area (Å²) in [7, 11) is 0. The summed E-state index contributed by atoms with van der Waals surface area (Å²) in [4.78, 5) is 0. The molecule has 0 radical (unpaired) electrons. The van der Waals surface area contributed by atoms with Crippen molar-refractivity contribution in [1.29, 1.82) is 0 Å². The van der Waals surface area contributed by atoms with Crippen LogP contribution in [-0.4, -0.2) is 51.1 Å². The van der Waals surface area contributed by atoms with Crippen molar-refractivity contribution in [3.05, 3.63) is 0 Å². The van der Waals surface area contributed by atoms with Crippen molar-refractivity contribution in [2.45, 2.75) is 37.9 Å². The van der Waals surface area contributed by atoms with Crippen LogP contribution in [0.1, 0.15) is 13.8 Å². The van der Waals surface area contributed by atoms with Gasteiger partial charge in [0.1, 0.15) is 0 Å². The minimum Gasteiger partial charge on any atom is -0.396 e. The predicted molar refractivity (Wildman–Crippen MR) is 50.7 cm³/mol. The molecule has 15 heavy (non-hydrogen) atoms. The summed E-state index contributed by atoms with van der Waals surface area (Å²) in [6, 6.07) is 0. The van der Waals surface area contributed by atoms with Crippen LogP contribution in [0.15, 0.2) is 0 Å². The highest BCUT2D eigenvalue weighted by molar-refractivity contribution is 5.12. The van der Waals surface area contributed by atoms with E-state index in [1.807, 2.05) is 13.8 Å². The first-order valence-electron chi connectivity index (χ1n) is 5.30. The minimum atomic E-state index is -1.55. The summed E-state index contributed by atoms with van der Waals surface area (Å²) in [6.45, 7) is 3.46. The molecule has 2 rings (SSSR count). The molecule has 4 N–H and O–H groups in total. The Morgan fingerprint density at radius 1 is 1.27 bits per heavy atom. The van der Waals surface area contributed by atoms with Gasteiger partial charge in [-0.2, -0.15) is 0 Å². The topological polar surface area (TPSA) is 90.2 Å². The zero-order chi connectivity index (χ0) is 11.4. The van der Waals surface area contributed by atoms with Crippen LogP contribution in [0.4, 0.5) is 0 Å². The van der Waals surface area contributed by atoms with Gasteiger partial charge in [-0.05, 0) is 5.92 Å². The summed E-state index contributed by atoms with van der Waals surface area (Å²) in [5, 5.41) is 38.5. The van der Waals surface area contributed by atoms with E-state index in [1.54, 1.807) is 0 Å². The SMILES string of the molecule is CC(C)[C@@H]1OC2(O)C(CO)[C@H](O)C(O)C12. The highest BCUT2D eigenvalue weighted by atomic mass is 16.7. The van der Waals surface area contributed by atoms with Crippen LogP contribution in [0.25, 0.3) is 0 Å². The monoisotopic (exact) mass is 218 g/mol. The van der Waals surface area contributed by atoms with E-state index in [9.17, 15) is 15.3 Å². The average molecular weight is 218 g/mol. The van der Waals surface area contributed by atoms with Crippen molar-refractivity contribution in [2.75, 3.05) is 6.61 Å².